The molecule has 0 bridgehead atoms. The molecule has 3 unspecified atom stereocenters. The summed E-state index contributed by atoms with van der Waals surface area (Å²) in [7, 11) is 0. The Balaban J connectivity index is 1.34. The fourth-order valence-corrected chi connectivity index (χ4v) is 7.91. The molecule has 2 aliphatic heterocycles. The lowest BCUT2D eigenvalue weighted by atomic mass is 10.1. The highest BCUT2D eigenvalue weighted by molar-refractivity contribution is 8.01. The van der Waals surface area contributed by atoms with E-state index in [4.69, 9.17) is 56.1 Å². The van der Waals surface area contributed by atoms with Crippen molar-refractivity contribution in [1.82, 2.24) is 5.43 Å². The van der Waals surface area contributed by atoms with Gasteiger partial charge in [0.2, 0.25) is 11.8 Å². The number of amides is 4. The monoisotopic (exact) mass is 797 g/mol. The molecular weight excluding hydrogens is 768 g/mol. The van der Waals surface area contributed by atoms with Crippen molar-refractivity contribution < 1.29 is 23.9 Å². The number of para-hydroxylation sites is 1. The number of imide groups is 1. The molecule has 0 aromatic heterocycles. The molecule has 2 fully saturated rings. The Labute approximate surface area is 324 Å². The van der Waals surface area contributed by atoms with Crippen molar-refractivity contribution in [3.05, 3.63) is 104 Å². The van der Waals surface area contributed by atoms with Gasteiger partial charge in [0, 0.05) is 22.3 Å². The first-order chi connectivity index (χ1) is 24.7. The molecule has 3 atom stereocenters. The number of hydrogen-bond acceptors (Lipinski definition) is 7. The summed E-state index contributed by atoms with van der Waals surface area (Å²) in [6, 6.07) is 20.2. The molecule has 0 aliphatic carbocycles. The highest BCUT2D eigenvalue weighted by atomic mass is 35.5. The van der Waals surface area contributed by atoms with Crippen LogP contribution in [0.15, 0.2) is 82.7 Å². The fraction of sp³-hybridized carbons (Fsp3) is 0.216. The zero-order valence-electron chi connectivity index (χ0n) is 28.2. The summed E-state index contributed by atoms with van der Waals surface area (Å²) >= 11 is 26.9. The molecule has 268 valence electrons. The maximum atomic E-state index is 14.3. The zero-order chi connectivity index (χ0) is 37.4. The number of thioether (sulfide) groups is 1. The average molecular weight is 800 g/mol. The topological polar surface area (TPSA) is 120 Å². The molecule has 2 aliphatic rings. The summed E-state index contributed by atoms with van der Waals surface area (Å²) in [5.74, 6) is -1.30. The lowest BCUT2D eigenvalue weighted by Gasteiger charge is -2.19. The first kappa shape index (κ1) is 37.5. The number of amidine groups is 1. The van der Waals surface area contributed by atoms with E-state index in [2.05, 4.69) is 10.7 Å². The minimum Gasteiger partial charge on any atom is -0.481 e. The van der Waals surface area contributed by atoms with E-state index < -0.39 is 29.1 Å². The van der Waals surface area contributed by atoms with Gasteiger partial charge in [-0.3, -0.25) is 29.5 Å². The second kappa shape index (κ2) is 15.4. The number of ether oxygens (including phenoxy) is 1. The molecule has 0 spiro atoms. The first-order valence-electron chi connectivity index (χ1n) is 16.0. The van der Waals surface area contributed by atoms with Gasteiger partial charge in [0.1, 0.15) is 22.5 Å². The Kier molecular flexibility index (Phi) is 11.1. The number of nitrogens with one attached hydrogen (secondary N) is 2. The lowest BCUT2D eigenvalue weighted by Crippen LogP contribution is -2.36. The summed E-state index contributed by atoms with van der Waals surface area (Å²) in [4.78, 5) is 59.5. The van der Waals surface area contributed by atoms with Crippen LogP contribution < -0.4 is 25.4 Å². The Bertz CT molecular complexity index is 2140. The number of halogens is 4. The predicted molar refractivity (Wildman–Crippen MR) is 208 cm³/mol. The van der Waals surface area contributed by atoms with Gasteiger partial charge in [0.05, 0.1) is 32.1 Å². The van der Waals surface area contributed by atoms with Crippen molar-refractivity contribution in [1.29, 1.82) is 0 Å². The number of carbonyl (C=O) groups is 4. The minimum absolute atomic E-state index is 0.0874. The second-order valence-electron chi connectivity index (χ2n) is 12.3. The number of anilines is 3. The van der Waals surface area contributed by atoms with E-state index in [0.717, 1.165) is 27.8 Å². The van der Waals surface area contributed by atoms with Gasteiger partial charge in [-0.25, -0.2) is 10.0 Å². The van der Waals surface area contributed by atoms with E-state index in [-0.39, 0.29) is 55.5 Å². The number of aryl methyl sites for hydroxylation is 2. The van der Waals surface area contributed by atoms with Gasteiger partial charge in [0.25, 0.3) is 11.8 Å². The molecule has 0 saturated carbocycles. The maximum Gasteiger partial charge on any atom is 0.267 e. The van der Waals surface area contributed by atoms with Crippen molar-refractivity contribution in [2.75, 3.05) is 15.2 Å². The van der Waals surface area contributed by atoms with Crippen LogP contribution in [-0.4, -0.2) is 40.8 Å². The number of nitrogens with zero attached hydrogens (tertiary/aromatic N) is 3. The lowest BCUT2D eigenvalue weighted by molar-refractivity contribution is -0.123. The highest BCUT2D eigenvalue weighted by Gasteiger charge is 2.42. The van der Waals surface area contributed by atoms with Crippen LogP contribution in [0, 0.1) is 19.8 Å². The maximum absolute atomic E-state index is 14.3. The van der Waals surface area contributed by atoms with Crippen molar-refractivity contribution >= 4 is 110 Å². The predicted octanol–water partition coefficient (Wildman–Crippen LogP) is 8.96. The van der Waals surface area contributed by atoms with Crippen molar-refractivity contribution in [2.45, 2.75) is 50.4 Å². The van der Waals surface area contributed by atoms with Crippen molar-refractivity contribution in [2.24, 2.45) is 10.9 Å². The molecule has 6 rings (SSSR count). The van der Waals surface area contributed by atoms with E-state index in [0.29, 0.717) is 22.0 Å². The molecular formula is C37H31Cl4N5O5S. The molecule has 4 aromatic rings. The molecule has 2 heterocycles. The number of aliphatic imine (C=N–C) groups is 1. The third-order valence-corrected chi connectivity index (χ3v) is 10.7. The van der Waals surface area contributed by atoms with Crippen LogP contribution in [0.5, 0.6) is 5.75 Å². The fourth-order valence-electron chi connectivity index (χ4n) is 5.69. The summed E-state index contributed by atoms with van der Waals surface area (Å²) < 4.78 is 5.98. The van der Waals surface area contributed by atoms with Crippen molar-refractivity contribution in [3.8, 4) is 5.75 Å². The molecule has 10 nitrogen and oxygen atoms in total. The van der Waals surface area contributed by atoms with Crippen LogP contribution in [-0.2, 0) is 19.2 Å². The third-order valence-electron chi connectivity index (χ3n) is 8.32. The Morgan fingerprint density at radius 1 is 0.942 bits per heavy atom. The number of benzene rings is 4. The van der Waals surface area contributed by atoms with Crippen LogP contribution in [0.25, 0.3) is 0 Å². The Morgan fingerprint density at radius 2 is 1.65 bits per heavy atom. The summed E-state index contributed by atoms with van der Waals surface area (Å²) in [5.41, 5.74) is 6.06. The summed E-state index contributed by atoms with van der Waals surface area (Å²) in [5, 5.41) is 3.74. The zero-order valence-corrected chi connectivity index (χ0v) is 32.0. The number of hydrazine groups is 1. The van der Waals surface area contributed by atoms with Gasteiger partial charge in [-0.05, 0) is 74.9 Å². The normalized spacial score (nSPS) is 18.6. The largest absolute Gasteiger partial charge is 0.481 e. The van der Waals surface area contributed by atoms with E-state index in [9.17, 15) is 19.2 Å². The molecule has 2 N–H and O–H groups in total. The minimum atomic E-state index is -1.04. The molecule has 2 saturated heterocycles. The number of rotatable bonds is 9. The van der Waals surface area contributed by atoms with Gasteiger partial charge in [-0.1, -0.05) is 83.2 Å². The van der Waals surface area contributed by atoms with Gasteiger partial charge in [-0.15, -0.1) is 11.8 Å². The van der Waals surface area contributed by atoms with Crippen LogP contribution in [0.3, 0.4) is 0 Å². The smallest absolute Gasteiger partial charge is 0.267 e. The van der Waals surface area contributed by atoms with E-state index in [1.807, 2.05) is 32.0 Å². The molecule has 15 heteroatoms. The van der Waals surface area contributed by atoms with Crippen LogP contribution >= 0.6 is 58.2 Å². The molecule has 4 aromatic carbocycles. The quantitative estimate of drug-likeness (QED) is 0.162. The molecule has 0 radical (unpaired) electrons. The standard InChI is InChI=1S/C37H31Cl4N5O5S/c1-18-9-12-29(19(2)13-18)51-21(4)35(48)43-27-7-5-6-8-30(27)52-33-34(44-46(37(33)50)32-25(40)15-22(38)16-26(32)41)42-28-17-23(10-11-24(28)39)45-31(47)14-20(3)36(45)49/h5-13,15-17,20-21,33H,14H2,1-4H3,(H,42,44)(H,43,48). The average Bonchev–Trinajstić information content (AvgIpc) is 3.51. The first-order valence-corrected chi connectivity index (χ1v) is 18.4. The Hall–Kier alpha value is -4.26. The number of hydrogen-bond donors (Lipinski definition) is 2. The van der Waals surface area contributed by atoms with Crippen molar-refractivity contribution in [3.63, 3.8) is 0 Å². The third kappa shape index (κ3) is 7.74. The van der Waals surface area contributed by atoms with Gasteiger partial charge in [-0.2, -0.15) is 0 Å². The van der Waals surface area contributed by atoms with Gasteiger partial charge < -0.3 is 10.1 Å². The molecule has 52 heavy (non-hydrogen) atoms. The Morgan fingerprint density at radius 3 is 2.33 bits per heavy atom. The summed E-state index contributed by atoms with van der Waals surface area (Å²) in [6.07, 6.45) is -0.757. The van der Waals surface area contributed by atoms with Crippen LogP contribution in [0.1, 0.15) is 31.4 Å². The van der Waals surface area contributed by atoms with Gasteiger partial charge >= 0.3 is 0 Å². The molecule has 4 amide bonds. The SMILES string of the molecule is Cc1ccc(OC(C)C(=O)Nc2ccccc2SC2C(=O)N(c3c(Cl)cc(Cl)cc3Cl)NC2=Nc2cc(N3C(=O)CC(C)C3=O)ccc2Cl)c(C)c1. The van der Waals surface area contributed by atoms with Gasteiger partial charge in [0.15, 0.2) is 6.10 Å². The van der Waals surface area contributed by atoms with Crippen LogP contribution in [0.2, 0.25) is 20.1 Å². The van der Waals surface area contributed by atoms with Crippen LogP contribution in [0.4, 0.5) is 22.7 Å². The summed E-state index contributed by atoms with van der Waals surface area (Å²) in [6.45, 7) is 7.23. The highest BCUT2D eigenvalue weighted by Crippen LogP contribution is 2.42. The van der Waals surface area contributed by atoms with E-state index in [1.54, 1.807) is 44.2 Å². The van der Waals surface area contributed by atoms with E-state index in [1.165, 1.54) is 29.3 Å². The number of carbonyl (C=O) groups excluding carboxylic acids is 4. The second-order valence-corrected chi connectivity index (χ2v) is 15.1. The van der Waals surface area contributed by atoms with E-state index >= 15 is 0 Å².